The van der Waals surface area contributed by atoms with E-state index in [1.807, 2.05) is 6.20 Å². The van der Waals surface area contributed by atoms with Gasteiger partial charge in [0.2, 0.25) is 0 Å². The molecule has 0 aromatic carbocycles. The van der Waals surface area contributed by atoms with E-state index in [1.54, 1.807) is 4.68 Å². The number of nitrogens with one attached hydrogen (secondary N) is 1. The fourth-order valence-corrected chi connectivity index (χ4v) is 3.35. The summed E-state index contributed by atoms with van der Waals surface area (Å²) >= 11 is 3.48. The van der Waals surface area contributed by atoms with E-state index in [0.717, 1.165) is 44.6 Å². The van der Waals surface area contributed by atoms with Crippen molar-refractivity contribution in [3.63, 3.8) is 0 Å². The smallest absolute Gasteiger partial charge is 0.283 e. The van der Waals surface area contributed by atoms with Crippen molar-refractivity contribution in [1.82, 2.24) is 15.1 Å². The molecule has 2 heterocycles. The normalized spacial score (nSPS) is 19.0. The molecule has 0 saturated carbocycles. The van der Waals surface area contributed by atoms with Gasteiger partial charge < -0.3 is 10.2 Å². The second-order valence-corrected chi connectivity index (χ2v) is 6.36. The number of halogens is 1. The number of hydrogen-bond donors (Lipinski definition) is 1. The van der Waals surface area contributed by atoms with Crippen LogP contribution in [-0.2, 0) is 6.54 Å². The van der Waals surface area contributed by atoms with Crippen LogP contribution in [0.25, 0.3) is 0 Å². The van der Waals surface area contributed by atoms with Gasteiger partial charge in [-0.25, -0.2) is 4.68 Å². The van der Waals surface area contributed by atoms with Gasteiger partial charge in [-0.05, 0) is 41.7 Å². The predicted molar refractivity (Wildman–Crippen MR) is 90.0 cm³/mol. The summed E-state index contributed by atoms with van der Waals surface area (Å²) in [6.07, 6.45) is 6.20. The number of hydrogen-bond acceptors (Lipinski definition) is 4. The highest BCUT2D eigenvalue weighted by Gasteiger charge is 2.22. The van der Waals surface area contributed by atoms with E-state index in [0.29, 0.717) is 17.1 Å². The summed E-state index contributed by atoms with van der Waals surface area (Å²) in [5.74, 6) is 0. The van der Waals surface area contributed by atoms with Crippen molar-refractivity contribution >= 4 is 21.6 Å². The molecule has 1 N–H and O–H groups in total. The fraction of sp³-hybridized carbons (Fsp3) is 0.733. The van der Waals surface area contributed by atoms with Crippen molar-refractivity contribution in [1.29, 1.82) is 0 Å². The number of rotatable bonds is 6. The van der Waals surface area contributed by atoms with E-state index < -0.39 is 0 Å². The first-order chi connectivity index (χ1) is 10.2. The van der Waals surface area contributed by atoms with Crippen molar-refractivity contribution in [3.8, 4) is 0 Å². The first-order valence-corrected chi connectivity index (χ1v) is 8.70. The van der Waals surface area contributed by atoms with Gasteiger partial charge in [-0.15, -0.1) is 0 Å². The number of aromatic nitrogens is 2. The Morgan fingerprint density at radius 1 is 1.48 bits per heavy atom. The van der Waals surface area contributed by atoms with Crippen molar-refractivity contribution in [2.24, 2.45) is 0 Å². The van der Waals surface area contributed by atoms with Gasteiger partial charge in [0.1, 0.15) is 4.47 Å². The topological polar surface area (TPSA) is 50.2 Å². The summed E-state index contributed by atoms with van der Waals surface area (Å²) in [6, 6.07) is 0.498. The first-order valence-electron chi connectivity index (χ1n) is 7.91. The van der Waals surface area contributed by atoms with Crippen LogP contribution < -0.4 is 15.8 Å². The Bertz CT molecular complexity index is 515. The Balaban J connectivity index is 2.16. The van der Waals surface area contributed by atoms with Crippen LogP contribution in [0.3, 0.4) is 0 Å². The molecule has 1 unspecified atom stereocenters. The van der Waals surface area contributed by atoms with E-state index in [-0.39, 0.29) is 5.56 Å². The van der Waals surface area contributed by atoms with E-state index >= 15 is 0 Å². The number of anilines is 1. The van der Waals surface area contributed by atoms with Crippen LogP contribution in [0.15, 0.2) is 15.5 Å². The zero-order valence-electron chi connectivity index (χ0n) is 12.9. The average molecular weight is 357 g/mol. The largest absolute Gasteiger partial charge is 0.368 e. The molecule has 118 valence electrons. The Hall–Kier alpha value is -0.880. The third-order valence-corrected chi connectivity index (χ3v) is 4.69. The maximum absolute atomic E-state index is 12.4. The molecule has 1 fully saturated rings. The Morgan fingerprint density at radius 3 is 3.00 bits per heavy atom. The first kappa shape index (κ1) is 16.5. The van der Waals surface area contributed by atoms with Gasteiger partial charge in [-0.2, -0.15) is 5.10 Å². The highest BCUT2D eigenvalue weighted by atomic mass is 79.9. The van der Waals surface area contributed by atoms with Crippen LogP contribution >= 0.6 is 15.9 Å². The molecule has 1 saturated heterocycles. The standard InChI is InChI=1S/C15H25BrN4O/c1-3-5-9-20-15(21)14(16)13(10-18-20)19-8-6-7-12(11-19)17-4-2/h10,12,17H,3-9,11H2,1-2H3. The van der Waals surface area contributed by atoms with E-state index in [4.69, 9.17) is 0 Å². The molecule has 0 amide bonds. The zero-order chi connectivity index (χ0) is 15.2. The SMILES string of the molecule is CCCCn1ncc(N2CCCC(NCC)C2)c(Br)c1=O. The lowest BCUT2D eigenvalue weighted by atomic mass is 10.1. The van der Waals surface area contributed by atoms with Crippen LogP contribution in [0.1, 0.15) is 39.5 Å². The predicted octanol–water partition coefficient (Wildman–Crippen LogP) is 2.38. The van der Waals surface area contributed by atoms with E-state index in [9.17, 15) is 4.79 Å². The second kappa shape index (κ2) is 7.94. The average Bonchev–Trinajstić information content (AvgIpc) is 2.49. The van der Waals surface area contributed by atoms with Crippen LogP contribution in [0, 0.1) is 0 Å². The molecule has 1 atom stereocenters. The van der Waals surface area contributed by atoms with Crippen LogP contribution in [-0.4, -0.2) is 35.5 Å². The lowest BCUT2D eigenvalue weighted by Gasteiger charge is -2.35. The number of aryl methyl sites for hydroxylation is 1. The molecule has 0 aliphatic carbocycles. The van der Waals surface area contributed by atoms with Gasteiger partial charge in [0, 0.05) is 25.7 Å². The quantitative estimate of drug-likeness (QED) is 0.849. The van der Waals surface area contributed by atoms with Gasteiger partial charge in [-0.3, -0.25) is 4.79 Å². The van der Waals surface area contributed by atoms with Crippen molar-refractivity contribution in [2.75, 3.05) is 24.5 Å². The molecule has 1 aliphatic rings. The lowest BCUT2D eigenvalue weighted by Crippen LogP contribution is -2.46. The minimum absolute atomic E-state index is 0.0217. The monoisotopic (exact) mass is 356 g/mol. The van der Waals surface area contributed by atoms with Crippen LogP contribution in [0.4, 0.5) is 5.69 Å². The van der Waals surface area contributed by atoms with Crippen molar-refractivity contribution < 1.29 is 0 Å². The van der Waals surface area contributed by atoms with Gasteiger partial charge in [-0.1, -0.05) is 20.3 Å². The van der Waals surface area contributed by atoms with Gasteiger partial charge >= 0.3 is 0 Å². The van der Waals surface area contributed by atoms with Gasteiger partial charge in [0.05, 0.1) is 11.9 Å². The molecule has 2 rings (SSSR count). The lowest BCUT2D eigenvalue weighted by molar-refractivity contribution is 0.430. The van der Waals surface area contributed by atoms with E-state index in [1.165, 1.54) is 6.42 Å². The van der Waals surface area contributed by atoms with Gasteiger partial charge in [0.15, 0.2) is 0 Å². The number of likely N-dealkylation sites (N-methyl/N-ethyl adjacent to an activating group) is 1. The molecule has 21 heavy (non-hydrogen) atoms. The fourth-order valence-electron chi connectivity index (χ4n) is 2.80. The molecule has 1 aromatic rings. The molecule has 5 nitrogen and oxygen atoms in total. The summed E-state index contributed by atoms with van der Waals surface area (Å²) in [7, 11) is 0. The molecular formula is C15H25BrN4O. The molecule has 1 aliphatic heterocycles. The minimum Gasteiger partial charge on any atom is -0.368 e. The highest BCUT2D eigenvalue weighted by molar-refractivity contribution is 9.10. The third-order valence-electron chi connectivity index (χ3n) is 3.94. The maximum atomic E-state index is 12.4. The molecule has 0 radical (unpaired) electrons. The third kappa shape index (κ3) is 4.07. The zero-order valence-corrected chi connectivity index (χ0v) is 14.5. The minimum atomic E-state index is -0.0217. The molecule has 0 spiro atoms. The summed E-state index contributed by atoms with van der Waals surface area (Å²) in [5, 5.41) is 7.83. The number of nitrogens with zero attached hydrogens (tertiary/aromatic N) is 3. The summed E-state index contributed by atoms with van der Waals surface area (Å²) in [4.78, 5) is 14.6. The maximum Gasteiger partial charge on any atom is 0.283 e. The highest BCUT2D eigenvalue weighted by Crippen LogP contribution is 2.25. The molecule has 0 bridgehead atoms. The number of piperidine rings is 1. The molecule has 1 aromatic heterocycles. The number of unbranched alkanes of at least 4 members (excludes halogenated alkanes) is 1. The summed E-state index contributed by atoms with van der Waals surface area (Å²) in [6.45, 7) is 7.84. The van der Waals surface area contributed by atoms with Gasteiger partial charge in [0.25, 0.3) is 5.56 Å². The van der Waals surface area contributed by atoms with Crippen molar-refractivity contribution in [3.05, 3.63) is 21.0 Å². The Morgan fingerprint density at radius 2 is 2.29 bits per heavy atom. The second-order valence-electron chi connectivity index (χ2n) is 5.57. The summed E-state index contributed by atoms with van der Waals surface area (Å²) in [5.41, 5.74) is 0.905. The Labute approximate surface area is 134 Å². The molecule has 6 heteroatoms. The summed E-state index contributed by atoms with van der Waals surface area (Å²) < 4.78 is 2.20. The molecular weight excluding hydrogens is 332 g/mol. The Kier molecular flexibility index (Phi) is 6.23. The van der Waals surface area contributed by atoms with E-state index in [2.05, 4.69) is 45.1 Å². The van der Waals surface area contributed by atoms with Crippen molar-refractivity contribution in [2.45, 2.75) is 52.1 Å². The van der Waals surface area contributed by atoms with Crippen LogP contribution in [0.2, 0.25) is 0 Å². The van der Waals surface area contributed by atoms with Crippen LogP contribution in [0.5, 0.6) is 0 Å².